The van der Waals surface area contributed by atoms with Crippen molar-refractivity contribution < 1.29 is 4.74 Å². The molecule has 150 valence electrons. The number of hydrogen-bond donors (Lipinski definition) is 2. The van der Waals surface area contributed by atoms with Crippen molar-refractivity contribution in [3.05, 3.63) is 95.3 Å². The first-order chi connectivity index (χ1) is 14.2. The highest BCUT2D eigenvalue weighted by atomic mass is 16.5. The van der Waals surface area contributed by atoms with Crippen molar-refractivity contribution in [1.82, 2.24) is 15.6 Å². The van der Waals surface area contributed by atoms with Gasteiger partial charge in [-0.3, -0.25) is 4.98 Å². The normalized spacial score (nSPS) is 11.2. The first-order valence-corrected chi connectivity index (χ1v) is 9.92. The quantitative estimate of drug-likeness (QED) is 0.448. The molecule has 5 nitrogen and oxygen atoms in total. The minimum Gasteiger partial charge on any atom is -0.487 e. The Morgan fingerprint density at radius 3 is 2.38 bits per heavy atom. The highest BCUT2D eigenvalue weighted by molar-refractivity contribution is 5.79. The Bertz CT molecular complexity index is 890. The van der Waals surface area contributed by atoms with Gasteiger partial charge in [0.2, 0.25) is 0 Å². The summed E-state index contributed by atoms with van der Waals surface area (Å²) in [7, 11) is 0. The van der Waals surface area contributed by atoms with Crippen LogP contribution in [0, 0.1) is 6.92 Å². The van der Waals surface area contributed by atoms with Crippen molar-refractivity contribution in [2.75, 3.05) is 6.54 Å². The standard InChI is InChI=1S/C24H28N4O/c1-3-25-24(27-16-20-9-7-19(2)8-10-20)28-17-21-11-13-23(14-12-21)29-18-22-6-4-5-15-26-22/h4-15H,3,16-18H2,1-2H3,(H2,25,27,28). The van der Waals surface area contributed by atoms with E-state index in [9.17, 15) is 0 Å². The van der Waals surface area contributed by atoms with Gasteiger partial charge >= 0.3 is 0 Å². The van der Waals surface area contributed by atoms with Gasteiger partial charge in [-0.15, -0.1) is 0 Å². The van der Waals surface area contributed by atoms with Crippen LogP contribution in [0.15, 0.2) is 77.9 Å². The van der Waals surface area contributed by atoms with Gasteiger partial charge in [0, 0.05) is 19.3 Å². The van der Waals surface area contributed by atoms with E-state index in [4.69, 9.17) is 4.74 Å². The molecular weight excluding hydrogens is 360 g/mol. The molecule has 2 N–H and O–H groups in total. The summed E-state index contributed by atoms with van der Waals surface area (Å²) < 4.78 is 5.78. The molecule has 0 aliphatic rings. The van der Waals surface area contributed by atoms with E-state index in [0.29, 0.717) is 13.2 Å². The van der Waals surface area contributed by atoms with E-state index in [1.807, 2.05) is 42.5 Å². The molecule has 0 aliphatic carbocycles. The Hall–Kier alpha value is -3.34. The number of ether oxygens (including phenoxy) is 1. The summed E-state index contributed by atoms with van der Waals surface area (Å²) in [5.74, 6) is 1.64. The SMILES string of the molecule is CCNC(=NCc1ccc(OCc2ccccn2)cc1)NCc1ccc(C)cc1. The number of nitrogens with one attached hydrogen (secondary N) is 2. The minimum absolute atomic E-state index is 0.464. The Labute approximate surface area is 172 Å². The molecule has 0 unspecified atom stereocenters. The van der Waals surface area contributed by atoms with Crippen LogP contribution in [0.3, 0.4) is 0 Å². The molecule has 5 heteroatoms. The van der Waals surface area contributed by atoms with Crippen molar-refractivity contribution in [3.63, 3.8) is 0 Å². The van der Waals surface area contributed by atoms with Crippen molar-refractivity contribution in [1.29, 1.82) is 0 Å². The number of aromatic nitrogens is 1. The average Bonchev–Trinajstić information content (AvgIpc) is 2.77. The topological polar surface area (TPSA) is 58.5 Å². The second-order valence-electron chi connectivity index (χ2n) is 6.79. The molecule has 29 heavy (non-hydrogen) atoms. The lowest BCUT2D eigenvalue weighted by Crippen LogP contribution is -2.36. The van der Waals surface area contributed by atoms with Gasteiger partial charge in [0.1, 0.15) is 12.4 Å². The fraction of sp³-hybridized carbons (Fsp3) is 0.250. The smallest absolute Gasteiger partial charge is 0.191 e. The lowest BCUT2D eigenvalue weighted by atomic mass is 10.1. The van der Waals surface area contributed by atoms with Gasteiger partial charge in [-0.1, -0.05) is 48.0 Å². The molecule has 0 bridgehead atoms. The molecule has 2 aromatic carbocycles. The predicted octanol–water partition coefficient (Wildman–Crippen LogP) is 4.22. The van der Waals surface area contributed by atoms with E-state index in [1.165, 1.54) is 11.1 Å². The van der Waals surface area contributed by atoms with Crippen molar-refractivity contribution in [2.45, 2.75) is 33.5 Å². The monoisotopic (exact) mass is 388 g/mol. The van der Waals surface area contributed by atoms with Crippen LogP contribution in [0.25, 0.3) is 0 Å². The zero-order chi connectivity index (χ0) is 20.3. The molecule has 0 saturated carbocycles. The highest BCUT2D eigenvalue weighted by Crippen LogP contribution is 2.14. The van der Waals surface area contributed by atoms with Crippen LogP contribution in [0.2, 0.25) is 0 Å². The van der Waals surface area contributed by atoms with E-state index >= 15 is 0 Å². The van der Waals surface area contributed by atoms with Crippen LogP contribution in [0.5, 0.6) is 5.75 Å². The van der Waals surface area contributed by atoms with Gasteiger partial charge in [0.15, 0.2) is 5.96 Å². The molecule has 0 radical (unpaired) electrons. The zero-order valence-electron chi connectivity index (χ0n) is 17.1. The number of nitrogens with zero attached hydrogens (tertiary/aromatic N) is 2. The summed E-state index contributed by atoms with van der Waals surface area (Å²) >= 11 is 0. The lowest BCUT2D eigenvalue weighted by Gasteiger charge is -2.12. The fourth-order valence-electron chi connectivity index (χ4n) is 2.74. The van der Waals surface area contributed by atoms with Gasteiger partial charge < -0.3 is 15.4 Å². The molecule has 3 aromatic rings. The zero-order valence-corrected chi connectivity index (χ0v) is 17.1. The van der Waals surface area contributed by atoms with Crippen LogP contribution in [-0.4, -0.2) is 17.5 Å². The molecular formula is C24H28N4O. The van der Waals surface area contributed by atoms with Gasteiger partial charge in [-0.05, 0) is 49.2 Å². The molecule has 0 fully saturated rings. The molecule has 0 spiro atoms. The van der Waals surface area contributed by atoms with E-state index in [0.717, 1.165) is 36.1 Å². The number of guanidine groups is 1. The van der Waals surface area contributed by atoms with Gasteiger partial charge in [0.05, 0.1) is 12.2 Å². The molecule has 1 aromatic heterocycles. The first kappa shape index (κ1) is 20.4. The molecule has 0 atom stereocenters. The molecule has 0 aliphatic heterocycles. The predicted molar refractivity (Wildman–Crippen MR) is 118 cm³/mol. The third kappa shape index (κ3) is 6.96. The third-order valence-corrected chi connectivity index (χ3v) is 4.38. The Balaban J connectivity index is 1.52. The highest BCUT2D eigenvalue weighted by Gasteiger charge is 2.01. The van der Waals surface area contributed by atoms with Gasteiger partial charge in [-0.2, -0.15) is 0 Å². The Morgan fingerprint density at radius 2 is 1.69 bits per heavy atom. The van der Waals surface area contributed by atoms with Crippen LogP contribution >= 0.6 is 0 Å². The number of hydrogen-bond acceptors (Lipinski definition) is 3. The fourth-order valence-corrected chi connectivity index (χ4v) is 2.74. The molecule has 0 amide bonds. The number of aryl methyl sites for hydroxylation is 1. The maximum absolute atomic E-state index is 5.78. The van der Waals surface area contributed by atoms with E-state index < -0.39 is 0 Å². The van der Waals surface area contributed by atoms with E-state index in [-0.39, 0.29) is 0 Å². The summed E-state index contributed by atoms with van der Waals surface area (Å²) in [4.78, 5) is 8.95. The maximum atomic E-state index is 5.78. The minimum atomic E-state index is 0.464. The lowest BCUT2D eigenvalue weighted by molar-refractivity contribution is 0.301. The number of pyridine rings is 1. The van der Waals surface area contributed by atoms with Gasteiger partial charge in [-0.25, -0.2) is 4.99 Å². The summed E-state index contributed by atoms with van der Waals surface area (Å²) in [6, 6.07) is 22.4. The molecule has 3 rings (SSSR count). The van der Waals surface area contributed by atoms with E-state index in [2.05, 4.69) is 58.7 Å². The second kappa shape index (κ2) is 10.9. The molecule has 0 saturated heterocycles. The molecule has 1 heterocycles. The van der Waals surface area contributed by atoms with Gasteiger partial charge in [0.25, 0.3) is 0 Å². The average molecular weight is 389 g/mol. The second-order valence-corrected chi connectivity index (χ2v) is 6.79. The number of rotatable bonds is 8. The Morgan fingerprint density at radius 1 is 0.931 bits per heavy atom. The van der Waals surface area contributed by atoms with E-state index in [1.54, 1.807) is 6.20 Å². The van der Waals surface area contributed by atoms with Crippen LogP contribution in [-0.2, 0) is 19.7 Å². The first-order valence-electron chi connectivity index (χ1n) is 9.92. The summed E-state index contributed by atoms with van der Waals surface area (Å²) in [6.07, 6.45) is 1.77. The van der Waals surface area contributed by atoms with Crippen molar-refractivity contribution in [2.24, 2.45) is 4.99 Å². The summed E-state index contributed by atoms with van der Waals surface area (Å²) in [5.41, 5.74) is 4.54. The Kier molecular flexibility index (Phi) is 7.63. The summed E-state index contributed by atoms with van der Waals surface area (Å²) in [6.45, 7) is 6.79. The maximum Gasteiger partial charge on any atom is 0.191 e. The van der Waals surface area contributed by atoms with Crippen LogP contribution < -0.4 is 15.4 Å². The third-order valence-electron chi connectivity index (χ3n) is 4.38. The van der Waals surface area contributed by atoms with Crippen LogP contribution in [0.4, 0.5) is 0 Å². The largest absolute Gasteiger partial charge is 0.487 e. The number of aliphatic imine (C=N–C) groups is 1. The summed E-state index contributed by atoms with van der Waals surface area (Å²) in [5, 5.41) is 6.68. The van der Waals surface area contributed by atoms with Crippen molar-refractivity contribution in [3.8, 4) is 5.75 Å². The van der Waals surface area contributed by atoms with Crippen molar-refractivity contribution >= 4 is 5.96 Å². The number of benzene rings is 2. The van der Waals surface area contributed by atoms with Crippen LogP contribution in [0.1, 0.15) is 29.3 Å².